The monoisotopic (exact) mass is 373 g/mol. The van der Waals surface area contributed by atoms with Gasteiger partial charge in [-0.05, 0) is 38.1 Å². The first kappa shape index (κ1) is 18.1. The highest BCUT2D eigenvalue weighted by Gasteiger charge is 2.16. The normalized spacial score (nSPS) is 11.7. The van der Waals surface area contributed by atoms with E-state index in [1.807, 2.05) is 30.3 Å². The molecule has 7 heteroatoms. The molecule has 0 aliphatic heterocycles. The topological polar surface area (TPSA) is 86.4 Å². The largest absolute Gasteiger partial charge is 0.497 e. The highest BCUT2D eigenvalue weighted by molar-refractivity contribution is 7.92. The Hall–Kier alpha value is -2.67. The Morgan fingerprint density at radius 1 is 1.12 bits per heavy atom. The van der Waals surface area contributed by atoms with Crippen LogP contribution < -0.4 is 15.2 Å². The lowest BCUT2D eigenvalue weighted by Crippen LogP contribution is -2.14. The van der Waals surface area contributed by atoms with Crippen LogP contribution >= 0.6 is 0 Å². The number of nitrogens with one attached hydrogen (secondary N) is 1. The number of methoxy groups -OCH3 is 1. The Balaban J connectivity index is 2.09. The molecular formula is C19H23N3O3S. The van der Waals surface area contributed by atoms with Gasteiger partial charge in [0.1, 0.15) is 5.75 Å². The summed E-state index contributed by atoms with van der Waals surface area (Å²) in [7, 11) is -1.65. The second kappa shape index (κ2) is 6.92. The highest BCUT2D eigenvalue weighted by Crippen LogP contribution is 2.37. The van der Waals surface area contributed by atoms with Crippen LogP contribution in [0.5, 0.6) is 5.75 Å². The number of fused-ring (bicyclic) bond motifs is 1. The molecule has 3 aromatic rings. The van der Waals surface area contributed by atoms with Crippen molar-refractivity contribution in [2.24, 2.45) is 0 Å². The van der Waals surface area contributed by atoms with Gasteiger partial charge in [-0.1, -0.05) is 12.1 Å². The second-order valence-corrected chi connectivity index (χ2v) is 7.98. The highest BCUT2D eigenvalue weighted by atomic mass is 32.2. The van der Waals surface area contributed by atoms with Gasteiger partial charge in [-0.25, -0.2) is 8.42 Å². The number of benzene rings is 2. The molecule has 0 fully saturated rings. The van der Waals surface area contributed by atoms with Crippen molar-refractivity contribution < 1.29 is 13.2 Å². The van der Waals surface area contributed by atoms with Crippen LogP contribution in [0.4, 0.5) is 11.4 Å². The van der Waals surface area contributed by atoms with E-state index in [2.05, 4.69) is 16.2 Å². The zero-order valence-corrected chi connectivity index (χ0v) is 15.9. The number of hydrogen-bond donors (Lipinski definition) is 2. The number of hydrogen-bond acceptors (Lipinski definition) is 4. The summed E-state index contributed by atoms with van der Waals surface area (Å²) in [5, 5.41) is 0.971. The molecule has 3 N–H and O–H groups in total. The number of sulfonamides is 1. The Morgan fingerprint density at radius 2 is 1.81 bits per heavy atom. The zero-order chi connectivity index (χ0) is 18.9. The maximum Gasteiger partial charge on any atom is 0.232 e. The van der Waals surface area contributed by atoms with Gasteiger partial charge in [-0.15, -0.1) is 0 Å². The molecule has 6 nitrogen and oxygen atoms in total. The minimum atomic E-state index is -3.29. The van der Waals surface area contributed by atoms with Crippen LogP contribution in [-0.4, -0.2) is 25.8 Å². The van der Waals surface area contributed by atoms with Gasteiger partial charge in [-0.3, -0.25) is 4.72 Å². The molecule has 2 aromatic carbocycles. The molecule has 0 saturated carbocycles. The predicted octanol–water partition coefficient (Wildman–Crippen LogP) is 3.68. The smallest absolute Gasteiger partial charge is 0.232 e. The minimum Gasteiger partial charge on any atom is -0.497 e. The Labute approximate surface area is 153 Å². The average Bonchev–Trinajstić information content (AvgIpc) is 2.93. The quantitative estimate of drug-likeness (QED) is 0.690. The van der Waals surface area contributed by atoms with Crippen molar-refractivity contribution in [3.05, 3.63) is 42.5 Å². The van der Waals surface area contributed by atoms with Crippen LogP contribution in [0.2, 0.25) is 0 Å². The summed E-state index contributed by atoms with van der Waals surface area (Å²) < 4.78 is 33.4. The molecule has 1 aromatic heterocycles. The molecule has 26 heavy (non-hydrogen) atoms. The van der Waals surface area contributed by atoms with Crippen LogP contribution in [0, 0.1) is 0 Å². The fourth-order valence-electron chi connectivity index (χ4n) is 3.07. The number of aromatic nitrogens is 1. The van der Waals surface area contributed by atoms with Crippen LogP contribution in [0.3, 0.4) is 0 Å². The van der Waals surface area contributed by atoms with Gasteiger partial charge in [0.05, 0.1) is 29.8 Å². The van der Waals surface area contributed by atoms with Gasteiger partial charge in [-0.2, -0.15) is 0 Å². The average molecular weight is 373 g/mol. The minimum absolute atomic E-state index is 0.0353. The lowest BCUT2D eigenvalue weighted by molar-refractivity contribution is 0.415. The number of nitrogen functional groups attached to an aromatic ring is 1. The van der Waals surface area contributed by atoms with E-state index < -0.39 is 10.0 Å². The molecule has 0 bridgehead atoms. The summed E-state index contributed by atoms with van der Waals surface area (Å²) >= 11 is 0. The van der Waals surface area contributed by atoms with Gasteiger partial charge in [0.2, 0.25) is 10.0 Å². The lowest BCUT2D eigenvalue weighted by atomic mass is 10.1. The Kier molecular flexibility index (Phi) is 4.82. The molecule has 0 spiro atoms. The van der Waals surface area contributed by atoms with E-state index in [4.69, 9.17) is 10.5 Å². The van der Waals surface area contributed by atoms with Gasteiger partial charge in [0, 0.05) is 29.2 Å². The number of rotatable bonds is 6. The summed E-state index contributed by atoms with van der Waals surface area (Å²) in [6, 6.07) is 13.1. The van der Waals surface area contributed by atoms with Gasteiger partial charge in [0.25, 0.3) is 0 Å². The van der Waals surface area contributed by atoms with Crippen LogP contribution in [0.1, 0.15) is 13.8 Å². The number of nitrogens with two attached hydrogens (primary N) is 1. The molecule has 0 aliphatic rings. The Bertz CT molecular complexity index is 1040. The third-order valence-corrected chi connectivity index (χ3v) is 5.75. The first-order valence-electron chi connectivity index (χ1n) is 8.46. The van der Waals surface area contributed by atoms with Gasteiger partial charge >= 0.3 is 0 Å². The van der Waals surface area contributed by atoms with Crippen LogP contribution in [-0.2, 0) is 16.6 Å². The van der Waals surface area contributed by atoms with E-state index in [1.54, 1.807) is 26.2 Å². The van der Waals surface area contributed by atoms with E-state index >= 15 is 0 Å². The van der Waals surface area contributed by atoms with E-state index in [9.17, 15) is 8.42 Å². The molecule has 0 unspecified atom stereocenters. The number of anilines is 2. The molecule has 0 atom stereocenters. The molecule has 0 saturated heterocycles. The van der Waals surface area contributed by atoms with E-state index in [0.29, 0.717) is 11.4 Å². The first-order chi connectivity index (χ1) is 12.4. The third-order valence-electron chi connectivity index (χ3n) is 4.44. The van der Waals surface area contributed by atoms with Gasteiger partial charge < -0.3 is 15.0 Å². The van der Waals surface area contributed by atoms with E-state index in [0.717, 1.165) is 34.5 Å². The summed E-state index contributed by atoms with van der Waals surface area (Å²) in [4.78, 5) is 0. The van der Waals surface area contributed by atoms with Crippen LogP contribution in [0.15, 0.2) is 42.5 Å². The maximum absolute atomic E-state index is 11.7. The third kappa shape index (κ3) is 3.22. The summed E-state index contributed by atoms with van der Waals surface area (Å²) in [5.74, 6) is 0.814. The molecular weight excluding hydrogens is 350 g/mol. The standard InChI is InChI=1S/C19H23N3O3S/c1-4-22-17-12-15(25-3)10-11-16(17)18(20)19(22)13-6-8-14(9-7-13)21-26(23,24)5-2/h6-12,21H,4-5,20H2,1-3H3. The summed E-state index contributed by atoms with van der Waals surface area (Å²) in [6.45, 7) is 4.41. The molecule has 138 valence electrons. The number of nitrogens with zero attached hydrogens (tertiary/aromatic N) is 1. The molecule has 0 amide bonds. The zero-order valence-electron chi connectivity index (χ0n) is 15.1. The SMILES string of the molecule is CCn1c(-c2ccc(NS(=O)(=O)CC)cc2)c(N)c2ccc(OC)cc21. The van der Waals surface area contributed by atoms with E-state index in [1.165, 1.54) is 0 Å². The second-order valence-electron chi connectivity index (χ2n) is 5.97. The van der Waals surface area contributed by atoms with Crippen molar-refractivity contribution in [1.29, 1.82) is 0 Å². The van der Waals surface area contributed by atoms with Crippen molar-refractivity contribution >= 4 is 32.3 Å². The molecule has 0 radical (unpaired) electrons. The van der Waals surface area contributed by atoms with Crippen LogP contribution in [0.25, 0.3) is 22.2 Å². The van der Waals surface area contributed by atoms with Crippen molar-refractivity contribution in [3.63, 3.8) is 0 Å². The fourth-order valence-corrected chi connectivity index (χ4v) is 3.71. The van der Waals surface area contributed by atoms with Crippen molar-refractivity contribution in [2.75, 3.05) is 23.3 Å². The maximum atomic E-state index is 11.7. The Morgan fingerprint density at radius 3 is 2.38 bits per heavy atom. The van der Waals surface area contributed by atoms with Crippen molar-refractivity contribution in [3.8, 4) is 17.0 Å². The summed E-state index contributed by atoms with van der Waals surface area (Å²) in [6.07, 6.45) is 0. The van der Waals surface area contributed by atoms with E-state index in [-0.39, 0.29) is 5.75 Å². The van der Waals surface area contributed by atoms with Crippen molar-refractivity contribution in [1.82, 2.24) is 4.57 Å². The molecule has 1 heterocycles. The number of aryl methyl sites for hydroxylation is 1. The first-order valence-corrected chi connectivity index (χ1v) is 10.1. The predicted molar refractivity (Wildman–Crippen MR) is 107 cm³/mol. The van der Waals surface area contributed by atoms with Crippen molar-refractivity contribution in [2.45, 2.75) is 20.4 Å². The molecule has 3 rings (SSSR count). The summed E-state index contributed by atoms with van der Waals surface area (Å²) in [5.41, 5.74) is 10.5. The fraction of sp³-hybridized carbons (Fsp3) is 0.263. The van der Waals surface area contributed by atoms with Gasteiger partial charge in [0.15, 0.2) is 0 Å². The molecule has 0 aliphatic carbocycles. The number of ether oxygens (including phenoxy) is 1. The lowest BCUT2D eigenvalue weighted by Gasteiger charge is -2.11.